The summed E-state index contributed by atoms with van der Waals surface area (Å²) >= 11 is 0. The van der Waals surface area contributed by atoms with E-state index in [0.717, 1.165) is 64.0 Å². The minimum Gasteiger partial charge on any atom is -0.460 e. The summed E-state index contributed by atoms with van der Waals surface area (Å²) in [6, 6.07) is 13.0. The van der Waals surface area contributed by atoms with Crippen LogP contribution in [0, 0.1) is 5.82 Å². The first-order valence-corrected chi connectivity index (χ1v) is 17.1. The molecule has 2 aromatic heterocycles. The topological polar surface area (TPSA) is 101 Å². The molecule has 2 aliphatic rings. The van der Waals surface area contributed by atoms with Gasteiger partial charge in [-0.2, -0.15) is 4.80 Å². The Bertz CT molecular complexity index is 1870. The number of hydrogen-bond acceptors (Lipinski definition) is 8. The summed E-state index contributed by atoms with van der Waals surface area (Å²) in [6.07, 6.45) is 6.71. The molecule has 6 rings (SSSR count). The molecule has 1 fully saturated rings. The highest BCUT2D eigenvalue weighted by Gasteiger charge is 2.36. The highest BCUT2D eigenvalue weighted by Crippen LogP contribution is 2.43. The molecule has 1 aliphatic heterocycles. The van der Waals surface area contributed by atoms with Crippen LogP contribution in [-0.4, -0.2) is 54.8 Å². The Hall–Kier alpha value is -4.28. The third-order valence-electron chi connectivity index (χ3n) is 8.72. The number of fused-ring (bicyclic) bond motifs is 3. The van der Waals surface area contributed by atoms with E-state index in [-0.39, 0.29) is 36.3 Å². The van der Waals surface area contributed by atoms with E-state index in [2.05, 4.69) is 53.5 Å². The Morgan fingerprint density at radius 2 is 1.84 bits per heavy atom. The third kappa shape index (κ3) is 7.97. The number of halogens is 1. The molecule has 0 saturated carbocycles. The van der Waals surface area contributed by atoms with Gasteiger partial charge in [-0.25, -0.2) is 4.39 Å². The molecule has 9 nitrogen and oxygen atoms in total. The van der Waals surface area contributed by atoms with E-state index >= 15 is 0 Å². The molecule has 0 radical (unpaired) electrons. The van der Waals surface area contributed by atoms with Gasteiger partial charge >= 0.3 is 5.97 Å². The number of nitrogens with zero attached hydrogens (tertiary/aromatic N) is 5. The molecule has 4 aromatic rings. The number of pyridine rings is 1. The van der Waals surface area contributed by atoms with Crippen LogP contribution in [0.5, 0.6) is 0 Å². The average Bonchev–Trinajstić information content (AvgIpc) is 3.36. The van der Waals surface area contributed by atoms with Crippen molar-refractivity contribution in [3.05, 3.63) is 76.7 Å². The number of aromatic nitrogens is 5. The minimum absolute atomic E-state index is 0.0888. The van der Waals surface area contributed by atoms with Crippen molar-refractivity contribution in [1.82, 2.24) is 25.2 Å². The first-order chi connectivity index (χ1) is 23.2. The van der Waals surface area contributed by atoms with Gasteiger partial charge in [-0.05, 0) is 105 Å². The van der Waals surface area contributed by atoms with E-state index in [1.165, 1.54) is 22.5 Å². The molecule has 3 heterocycles. The number of aryl methyl sites for hydroxylation is 2. The second kappa shape index (κ2) is 13.6. The SMILES string of the molecule is CC(C)c1nc2c(c(-c3ccc(F)cc3)c1/C=C/[C@@H]1C[C@H](CC(=O)OC(C)(C)C)OC(C)(C)O1)CCCc1cc(-c3nnn(C)n3)ccc1-2. The molecule has 0 spiro atoms. The van der Waals surface area contributed by atoms with Crippen LogP contribution in [0.1, 0.15) is 96.0 Å². The van der Waals surface area contributed by atoms with Crippen LogP contribution < -0.4 is 0 Å². The molecule has 0 amide bonds. The fourth-order valence-electron chi connectivity index (χ4n) is 6.87. The summed E-state index contributed by atoms with van der Waals surface area (Å²) in [5, 5.41) is 12.6. The van der Waals surface area contributed by atoms with Crippen LogP contribution in [0.4, 0.5) is 4.39 Å². The van der Waals surface area contributed by atoms with Crippen LogP contribution in [0.25, 0.3) is 39.8 Å². The van der Waals surface area contributed by atoms with E-state index in [0.29, 0.717) is 12.2 Å². The van der Waals surface area contributed by atoms with Gasteiger partial charge in [0.1, 0.15) is 11.4 Å². The maximum Gasteiger partial charge on any atom is 0.308 e. The second-order valence-electron chi connectivity index (χ2n) is 14.8. The van der Waals surface area contributed by atoms with Crippen LogP contribution >= 0.6 is 0 Å². The van der Waals surface area contributed by atoms with Crippen molar-refractivity contribution in [3.8, 4) is 33.8 Å². The lowest BCUT2D eigenvalue weighted by Crippen LogP contribution is -2.45. The molecule has 1 aliphatic carbocycles. The maximum absolute atomic E-state index is 14.3. The van der Waals surface area contributed by atoms with Crippen molar-refractivity contribution in [2.45, 2.75) is 110 Å². The summed E-state index contributed by atoms with van der Waals surface area (Å²) in [4.78, 5) is 19.6. The van der Waals surface area contributed by atoms with Crippen LogP contribution in [-0.2, 0) is 38.9 Å². The van der Waals surface area contributed by atoms with E-state index in [9.17, 15) is 9.18 Å². The van der Waals surface area contributed by atoms with Crippen LogP contribution in [0.2, 0.25) is 0 Å². The quantitative estimate of drug-likeness (QED) is 0.183. The predicted octanol–water partition coefficient (Wildman–Crippen LogP) is 8.01. The summed E-state index contributed by atoms with van der Waals surface area (Å²) < 4.78 is 32.4. The van der Waals surface area contributed by atoms with Gasteiger partial charge in [0.25, 0.3) is 0 Å². The summed E-state index contributed by atoms with van der Waals surface area (Å²) in [7, 11) is 1.76. The first kappa shape index (κ1) is 34.6. The van der Waals surface area contributed by atoms with Crippen LogP contribution in [0.3, 0.4) is 0 Å². The Morgan fingerprint density at radius 3 is 2.51 bits per heavy atom. The van der Waals surface area contributed by atoms with Gasteiger partial charge < -0.3 is 14.2 Å². The Balaban J connectivity index is 1.44. The van der Waals surface area contributed by atoms with Gasteiger partial charge in [0.15, 0.2) is 5.79 Å². The van der Waals surface area contributed by atoms with Crippen molar-refractivity contribution >= 4 is 12.0 Å². The number of carbonyl (C=O) groups is 1. The van der Waals surface area contributed by atoms with Gasteiger partial charge in [0.2, 0.25) is 5.82 Å². The van der Waals surface area contributed by atoms with Crippen molar-refractivity contribution in [3.63, 3.8) is 0 Å². The highest BCUT2D eigenvalue weighted by molar-refractivity contribution is 5.86. The van der Waals surface area contributed by atoms with Gasteiger partial charge in [-0.15, -0.1) is 10.2 Å². The fraction of sp³-hybridized carbons (Fsp3) is 0.462. The summed E-state index contributed by atoms with van der Waals surface area (Å²) in [5.74, 6) is -0.796. The lowest BCUT2D eigenvalue weighted by molar-refractivity contribution is -0.290. The largest absolute Gasteiger partial charge is 0.460 e. The summed E-state index contributed by atoms with van der Waals surface area (Å²) in [6.45, 7) is 13.6. The zero-order valence-corrected chi connectivity index (χ0v) is 29.7. The maximum atomic E-state index is 14.3. The monoisotopic (exact) mass is 667 g/mol. The highest BCUT2D eigenvalue weighted by atomic mass is 19.1. The lowest BCUT2D eigenvalue weighted by atomic mass is 9.86. The normalized spacial score (nSPS) is 19.1. The number of hydrogen-bond donors (Lipinski definition) is 0. The standard InChI is InChI=1S/C39H46FN5O4/c1-23(2)35-32(19-17-28-21-29(48-39(6,7)47-28)22-33(46)49-38(3,4)5)34(24-12-15-27(40)16-13-24)31-11-9-10-25-20-26(37-42-44-45(8)43-37)14-18-30(25)36(31)41-35/h12-20,23,28-29H,9-11,21-22H2,1-8H3/b19-17+/t28-,29-/m1/s1. The van der Waals surface area contributed by atoms with E-state index in [1.807, 2.05) is 52.8 Å². The van der Waals surface area contributed by atoms with Gasteiger partial charge in [-0.3, -0.25) is 9.78 Å². The molecular weight excluding hydrogens is 621 g/mol. The van der Waals surface area contributed by atoms with Crippen molar-refractivity contribution in [2.24, 2.45) is 7.05 Å². The molecular formula is C39H46FN5O4. The smallest absolute Gasteiger partial charge is 0.308 e. The van der Waals surface area contributed by atoms with Gasteiger partial charge in [-0.1, -0.05) is 50.3 Å². The van der Waals surface area contributed by atoms with E-state index in [4.69, 9.17) is 19.2 Å². The second-order valence-corrected chi connectivity index (χ2v) is 14.8. The molecule has 10 heteroatoms. The minimum atomic E-state index is -0.893. The number of benzene rings is 2. The Kier molecular flexibility index (Phi) is 9.57. The summed E-state index contributed by atoms with van der Waals surface area (Å²) in [5.41, 5.74) is 8.61. The third-order valence-corrected chi connectivity index (χ3v) is 8.72. The molecule has 258 valence electrons. The molecule has 2 aromatic carbocycles. The van der Waals surface area contributed by atoms with E-state index in [1.54, 1.807) is 7.05 Å². The zero-order chi connectivity index (χ0) is 35.1. The Labute approximate surface area is 287 Å². The Morgan fingerprint density at radius 1 is 1.10 bits per heavy atom. The molecule has 0 unspecified atom stereocenters. The fourth-order valence-corrected chi connectivity index (χ4v) is 6.87. The first-order valence-electron chi connectivity index (χ1n) is 17.1. The van der Waals surface area contributed by atoms with E-state index < -0.39 is 11.4 Å². The predicted molar refractivity (Wildman–Crippen MR) is 187 cm³/mol. The van der Waals surface area contributed by atoms with Crippen molar-refractivity contribution in [2.75, 3.05) is 0 Å². The molecule has 49 heavy (non-hydrogen) atoms. The number of carbonyl (C=O) groups excluding carboxylic acids is 1. The molecule has 1 saturated heterocycles. The van der Waals surface area contributed by atoms with Crippen molar-refractivity contribution < 1.29 is 23.4 Å². The molecule has 2 atom stereocenters. The zero-order valence-electron chi connectivity index (χ0n) is 29.7. The average molecular weight is 668 g/mol. The lowest BCUT2D eigenvalue weighted by Gasteiger charge is -2.40. The van der Waals surface area contributed by atoms with Gasteiger partial charge in [0.05, 0.1) is 37.1 Å². The van der Waals surface area contributed by atoms with Crippen molar-refractivity contribution in [1.29, 1.82) is 0 Å². The van der Waals surface area contributed by atoms with Crippen LogP contribution in [0.15, 0.2) is 48.5 Å². The number of esters is 1. The van der Waals surface area contributed by atoms with Gasteiger partial charge in [0, 0.05) is 23.1 Å². The molecule has 0 bridgehead atoms. The molecule has 0 N–H and O–H groups in total. The number of tetrazole rings is 1. The number of ether oxygens (including phenoxy) is 3. The number of rotatable bonds is 7.